The van der Waals surface area contributed by atoms with Gasteiger partial charge in [-0.3, -0.25) is 4.98 Å². The van der Waals surface area contributed by atoms with E-state index in [1.54, 1.807) is 6.20 Å². The first kappa shape index (κ1) is 21.8. The predicted molar refractivity (Wildman–Crippen MR) is 108 cm³/mol. The van der Waals surface area contributed by atoms with Gasteiger partial charge in [-0.1, -0.05) is 0 Å². The number of aromatic nitrogens is 5. The standard InChI is InChI=1S/C21H21F5N6O/c22-17(23)12-32-19-16(10-29-32)28-11-18(30-19)31-3-1-20(2-4-31)6-15(7-20)33-14-5-13(8-27-9-14)21(24,25)26/h5,8-11,15,17H,1-4,6-7,12H2. The number of anilines is 1. The summed E-state index contributed by atoms with van der Waals surface area (Å²) < 4.78 is 71.0. The minimum atomic E-state index is -4.46. The summed E-state index contributed by atoms with van der Waals surface area (Å²) in [5.74, 6) is 0.752. The van der Waals surface area contributed by atoms with Crippen molar-refractivity contribution in [3.63, 3.8) is 0 Å². The molecule has 1 saturated carbocycles. The highest BCUT2D eigenvalue weighted by atomic mass is 19.4. The second-order valence-electron chi connectivity index (χ2n) is 8.70. The fourth-order valence-corrected chi connectivity index (χ4v) is 4.70. The van der Waals surface area contributed by atoms with Gasteiger partial charge in [0.1, 0.15) is 23.6 Å². The highest BCUT2D eigenvalue weighted by molar-refractivity contribution is 5.71. The summed E-state index contributed by atoms with van der Waals surface area (Å²) in [6.07, 6.45) is 1.30. The zero-order valence-electron chi connectivity index (χ0n) is 17.5. The number of rotatable bonds is 5. The van der Waals surface area contributed by atoms with Crippen molar-refractivity contribution in [2.24, 2.45) is 5.41 Å². The molecule has 0 amide bonds. The van der Waals surface area contributed by atoms with E-state index in [4.69, 9.17) is 4.74 Å². The van der Waals surface area contributed by atoms with Crippen LogP contribution >= 0.6 is 0 Å². The maximum atomic E-state index is 12.9. The molecule has 7 nitrogen and oxygen atoms in total. The molecule has 0 radical (unpaired) electrons. The van der Waals surface area contributed by atoms with E-state index in [1.165, 1.54) is 17.1 Å². The van der Waals surface area contributed by atoms with Crippen molar-refractivity contribution in [2.45, 2.75) is 50.9 Å². The van der Waals surface area contributed by atoms with Gasteiger partial charge < -0.3 is 9.64 Å². The SMILES string of the molecule is FC(F)Cn1ncc2ncc(N3CCC4(CC3)CC(Oc3cncc(C(F)(F)F)c3)C4)nc21. The summed E-state index contributed by atoms with van der Waals surface area (Å²) >= 11 is 0. The normalized spacial score (nSPS) is 18.8. The van der Waals surface area contributed by atoms with Crippen molar-refractivity contribution in [3.8, 4) is 5.75 Å². The summed E-state index contributed by atoms with van der Waals surface area (Å²) in [4.78, 5) is 14.5. The summed E-state index contributed by atoms with van der Waals surface area (Å²) in [7, 11) is 0. The number of fused-ring (bicyclic) bond motifs is 1. The fourth-order valence-electron chi connectivity index (χ4n) is 4.70. The van der Waals surface area contributed by atoms with Crippen LogP contribution in [-0.4, -0.2) is 50.4 Å². The van der Waals surface area contributed by atoms with Crippen LogP contribution in [0.15, 0.2) is 30.9 Å². The molecule has 3 aromatic rings. The van der Waals surface area contributed by atoms with E-state index in [9.17, 15) is 22.0 Å². The van der Waals surface area contributed by atoms with Crippen LogP contribution in [0.4, 0.5) is 27.8 Å². The van der Waals surface area contributed by atoms with Gasteiger partial charge >= 0.3 is 6.18 Å². The zero-order chi connectivity index (χ0) is 23.2. The third-order valence-corrected chi connectivity index (χ3v) is 6.46. The monoisotopic (exact) mass is 468 g/mol. The first-order valence-corrected chi connectivity index (χ1v) is 10.6. The van der Waals surface area contributed by atoms with E-state index in [-0.39, 0.29) is 17.3 Å². The molecule has 1 saturated heterocycles. The number of piperidine rings is 1. The maximum Gasteiger partial charge on any atom is 0.418 e. The van der Waals surface area contributed by atoms with Crippen LogP contribution in [0.3, 0.4) is 0 Å². The summed E-state index contributed by atoms with van der Waals surface area (Å²) in [6.45, 7) is 0.912. The second-order valence-corrected chi connectivity index (χ2v) is 8.70. The van der Waals surface area contributed by atoms with Gasteiger partial charge in [-0.25, -0.2) is 23.4 Å². The van der Waals surface area contributed by atoms with Gasteiger partial charge in [-0.2, -0.15) is 18.3 Å². The second kappa shape index (κ2) is 8.07. The lowest BCUT2D eigenvalue weighted by Crippen LogP contribution is -2.51. The Hall–Kier alpha value is -3.05. The third-order valence-electron chi connectivity index (χ3n) is 6.46. The lowest BCUT2D eigenvalue weighted by molar-refractivity contribution is -0.138. The quantitative estimate of drug-likeness (QED) is 0.519. The van der Waals surface area contributed by atoms with Crippen molar-refractivity contribution in [1.29, 1.82) is 0 Å². The molecule has 5 rings (SSSR count). The Kier molecular flexibility index (Phi) is 5.32. The van der Waals surface area contributed by atoms with Crippen LogP contribution in [0.5, 0.6) is 5.75 Å². The maximum absolute atomic E-state index is 12.9. The topological polar surface area (TPSA) is 69.0 Å². The summed E-state index contributed by atoms with van der Waals surface area (Å²) in [5, 5.41) is 3.94. The van der Waals surface area contributed by atoms with Crippen LogP contribution in [0.1, 0.15) is 31.2 Å². The lowest BCUT2D eigenvalue weighted by atomic mass is 9.61. The van der Waals surface area contributed by atoms with Crippen LogP contribution in [0.2, 0.25) is 0 Å². The van der Waals surface area contributed by atoms with Gasteiger partial charge in [-0.05, 0) is 37.2 Å². The Morgan fingerprint density at radius 2 is 1.85 bits per heavy atom. The van der Waals surface area contributed by atoms with E-state index in [2.05, 4.69) is 25.0 Å². The average Bonchev–Trinajstić information content (AvgIpc) is 3.14. The number of hydrogen-bond acceptors (Lipinski definition) is 6. The highest BCUT2D eigenvalue weighted by Crippen LogP contribution is 2.50. The number of hydrogen-bond donors (Lipinski definition) is 0. The molecule has 0 atom stereocenters. The molecular weight excluding hydrogens is 447 g/mol. The van der Waals surface area contributed by atoms with Crippen molar-refractivity contribution < 1.29 is 26.7 Å². The molecule has 12 heteroatoms. The highest BCUT2D eigenvalue weighted by Gasteiger charge is 2.47. The summed E-state index contributed by atoms with van der Waals surface area (Å²) in [6, 6.07) is 0.980. The Bertz CT molecular complexity index is 1130. The van der Waals surface area contributed by atoms with Gasteiger partial charge in [-0.15, -0.1) is 0 Å². The van der Waals surface area contributed by atoms with E-state index in [0.29, 0.717) is 17.0 Å². The van der Waals surface area contributed by atoms with E-state index in [0.717, 1.165) is 51.0 Å². The van der Waals surface area contributed by atoms with Crippen molar-refractivity contribution in [1.82, 2.24) is 24.7 Å². The van der Waals surface area contributed by atoms with Crippen LogP contribution in [-0.2, 0) is 12.7 Å². The van der Waals surface area contributed by atoms with Gasteiger partial charge in [0.05, 0.1) is 30.3 Å². The van der Waals surface area contributed by atoms with E-state index >= 15 is 0 Å². The molecule has 33 heavy (non-hydrogen) atoms. The van der Waals surface area contributed by atoms with Crippen LogP contribution in [0.25, 0.3) is 11.2 Å². The molecule has 0 unspecified atom stereocenters. The molecule has 2 fully saturated rings. The van der Waals surface area contributed by atoms with Crippen LogP contribution in [0, 0.1) is 5.41 Å². The summed E-state index contributed by atoms with van der Waals surface area (Å²) in [5.41, 5.74) is 0.0664. The Morgan fingerprint density at radius 1 is 1.09 bits per heavy atom. The molecule has 0 bridgehead atoms. The fraction of sp³-hybridized carbons (Fsp3) is 0.524. The Labute approximate surface area is 185 Å². The Balaban J connectivity index is 1.19. The van der Waals surface area contributed by atoms with Crippen molar-refractivity contribution >= 4 is 17.0 Å². The number of halogens is 5. The van der Waals surface area contributed by atoms with Gasteiger partial charge in [0.25, 0.3) is 6.43 Å². The largest absolute Gasteiger partial charge is 0.489 e. The van der Waals surface area contributed by atoms with Crippen molar-refractivity contribution in [2.75, 3.05) is 18.0 Å². The minimum absolute atomic E-state index is 0.0885. The van der Waals surface area contributed by atoms with Crippen LogP contribution < -0.4 is 9.64 Å². The molecule has 0 N–H and O–H groups in total. The van der Waals surface area contributed by atoms with Gasteiger partial charge in [0.15, 0.2) is 5.65 Å². The predicted octanol–water partition coefficient (Wildman–Crippen LogP) is 4.33. The number of alkyl halides is 5. The average molecular weight is 468 g/mol. The molecule has 1 aliphatic carbocycles. The number of ether oxygens (including phenoxy) is 1. The molecular formula is C21H21F5N6O. The molecule has 3 aromatic heterocycles. The first-order valence-electron chi connectivity index (χ1n) is 10.6. The van der Waals surface area contributed by atoms with Gasteiger partial charge in [0, 0.05) is 19.3 Å². The molecule has 2 aliphatic rings. The molecule has 176 valence electrons. The zero-order valence-corrected chi connectivity index (χ0v) is 17.5. The van der Waals surface area contributed by atoms with E-state index in [1.807, 2.05) is 0 Å². The first-order chi connectivity index (χ1) is 15.7. The van der Waals surface area contributed by atoms with Gasteiger partial charge in [0.2, 0.25) is 0 Å². The minimum Gasteiger partial charge on any atom is -0.489 e. The molecule has 1 aliphatic heterocycles. The number of nitrogens with zero attached hydrogens (tertiary/aromatic N) is 6. The smallest absolute Gasteiger partial charge is 0.418 e. The number of pyridine rings is 1. The molecule has 4 heterocycles. The molecule has 0 aromatic carbocycles. The van der Waals surface area contributed by atoms with Crippen molar-refractivity contribution in [3.05, 3.63) is 36.4 Å². The molecule has 1 spiro atoms. The lowest BCUT2D eigenvalue weighted by Gasteiger charge is -2.51. The Morgan fingerprint density at radius 3 is 2.55 bits per heavy atom. The third kappa shape index (κ3) is 4.42. The van der Waals surface area contributed by atoms with E-state index < -0.39 is 24.7 Å².